The molecule has 0 aliphatic carbocycles. The number of rotatable bonds is 11. The van der Waals surface area contributed by atoms with Gasteiger partial charge in [0.2, 0.25) is 5.91 Å². The number of carbonyl (C=O) groups is 2. The van der Waals surface area contributed by atoms with Gasteiger partial charge in [0.25, 0.3) is 5.56 Å². The van der Waals surface area contributed by atoms with Crippen molar-refractivity contribution in [2.75, 3.05) is 7.11 Å². The van der Waals surface area contributed by atoms with E-state index >= 15 is 0 Å². The highest BCUT2D eigenvalue weighted by molar-refractivity contribution is 6.30. The average Bonchev–Trinajstić information content (AvgIpc) is 3.73. The number of ether oxygens (including phenoxy) is 1. The maximum Gasteiger partial charge on any atom is 0.309 e. The Hall–Kier alpha value is -5.43. The van der Waals surface area contributed by atoms with Gasteiger partial charge in [-0.05, 0) is 64.9 Å². The Labute approximate surface area is 256 Å². The number of nitrogens with one attached hydrogen (secondary N) is 2. The minimum atomic E-state index is -0.639. The van der Waals surface area contributed by atoms with Crippen molar-refractivity contribution in [2.45, 2.75) is 32.4 Å². The Balaban J connectivity index is 1.43. The number of tetrazole rings is 1. The van der Waals surface area contributed by atoms with Crippen LogP contribution in [0.25, 0.3) is 22.9 Å². The van der Waals surface area contributed by atoms with Crippen molar-refractivity contribution in [3.8, 4) is 16.8 Å². The number of aromatic amines is 1. The lowest BCUT2D eigenvalue weighted by Crippen LogP contribution is -2.30. The first-order chi connectivity index (χ1) is 21.3. The van der Waals surface area contributed by atoms with Gasteiger partial charge in [-0.15, -0.1) is 5.10 Å². The molecule has 3 heterocycles. The van der Waals surface area contributed by atoms with Crippen molar-refractivity contribution in [3.05, 3.63) is 111 Å². The van der Waals surface area contributed by atoms with Crippen LogP contribution in [0.2, 0.25) is 5.02 Å². The summed E-state index contributed by atoms with van der Waals surface area (Å²) >= 11 is 6.22. The van der Waals surface area contributed by atoms with Crippen LogP contribution in [0.3, 0.4) is 0 Å². The Kier molecular flexibility index (Phi) is 9.35. The van der Waals surface area contributed by atoms with Crippen molar-refractivity contribution < 1.29 is 14.3 Å². The molecule has 5 aromatic rings. The lowest BCUT2D eigenvalue weighted by atomic mass is 10.0. The fourth-order valence-electron chi connectivity index (χ4n) is 4.51. The summed E-state index contributed by atoms with van der Waals surface area (Å²) in [6.07, 6.45) is 6.73. The molecule has 14 heteroatoms. The van der Waals surface area contributed by atoms with Crippen LogP contribution in [0.15, 0.2) is 78.0 Å². The molecule has 2 aromatic carbocycles. The van der Waals surface area contributed by atoms with Crippen molar-refractivity contribution in [2.24, 2.45) is 0 Å². The molecule has 2 N–H and O–H groups in total. The van der Waals surface area contributed by atoms with Gasteiger partial charge in [-0.2, -0.15) is 14.9 Å². The Morgan fingerprint density at radius 3 is 2.66 bits per heavy atom. The first kappa shape index (κ1) is 30.0. The molecular formula is C30H28ClN9O4. The predicted molar refractivity (Wildman–Crippen MR) is 162 cm³/mol. The highest BCUT2D eigenvalue weighted by Crippen LogP contribution is 2.23. The molecule has 44 heavy (non-hydrogen) atoms. The van der Waals surface area contributed by atoms with E-state index in [1.807, 2.05) is 19.2 Å². The minimum Gasteiger partial charge on any atom is -0.469 e. The van der Waals surface area contributed by atoms with Gasteiger partial charge in [-0.3, -0.25) is 19.1 Å². The molecule has 1 amide bonds. The van der Waals surface area contributed by atoms with E-state index in [2.05, 4.69) is 36.1 Å². The molecule has 0 bridgehead atoms. The van der Waals surface area contributed by atoms with Gasteiger partial charge in [0.1, 0.15) is 6.33 Å². The summed E-state index contributed by atoms with van der Waals surface area (Å²) in [4.78, 5) is 37.7. The summed E-state index contributed by atoms with van der Waals surface area (Å²) in [5.74, 6) is -0.767. The van der Waals surface area contributed by atoms with Gasteiger partial charge in [-0.25, -0.2) is 5.10 Å². The van der Waals surface area contributed by atoms with E-state index in [1.165, 1.54) is 24.2 Å². The molecule has 0 radical (unpaired) electrons. The lowest BCUT2D eigenvalue weighted by Gasteiger charge is -2.17. The third kappa shape index (κ3) is 7.31. The van der Waals surface area contributed by atoms with Gasteiger partial charge in [0, 0.05) is 35.8 Å². The molecule has 0 saturated carbocycles. The maximum absolute atomic E-state index is 13.3. The number of carbonyl (C=O) groups excluding carboxylic acids is 2. The monoisotopic (exact) mass is 613 g/mol. The SMILES string of the molecule is CCn1ccc(C[C@H](NC(=O)/C=C/c2cc(Cl)ccc2-n2cnnn2)c2cc(-c3ccc(CC(=O)OC)cc3)c(=O)[nH]n2)n1. The molecule has 0 saturated heterocycles. The number of esters is 1. The van der Waals surface area contributed by atoms with Crippen LogP contribution in [0.1, 0.15) is 35.5 Å². The summed E-state index contributed by atoms with van der Waals surface area (Å²) in [5.41, 5.74) is 3.76. The second-order valence-corrected chi connectivity index (χ2v) is 10.1. The van der Waals surface area contributed by atoms with Crippen LogP contribution < -0.4 is 10.9 Å². The Morgan fingerprint density at radius 1 is 1.14 bits per heavy atom. The molecule has 0 fully saturated rings. The lowest BCUT2D eigenvalue weighted by molar-refractivity contribution is -0.139. The van der Waals surface area contributed by atoms with Crippen LogP contribution >= 0.6 is 11.6 Å². The fraction of sp³-hybridized carbons (Fsp3) is 0.200. The van der Waals surface area contributed by atoms with Crippen LogP contribution in [0.4, 0.5) is 0 Å². The molecule has 1 atom stereocenters. The van der Waals surface area contributed by atoms with E-state index in [9.17, 15) is 14.4 Å². The molecule has 0 aliphatic rings. The molecule has 224 valence electrons. The maximum atomic E-state index is 13.3. The normalized spacial score (nSPS) is 11.9. The quantitative estimate of drug-likeness (QED) is 0.168. The average molecular weight is 614 g/mol. The molecule has 13 nitrogen and oxygen atoms in total. The molecule has 0 spiro atoms. The summed E-state index contributed by atoms with van der Waals surface area (Å²) in [7, 11) is 1.33. The van der Waals surface area contributed by atoms with E-state index in [1.54, 1.807) is 59.3 Å². The summed E-state index contributed by atoms with van der Waals surface area (Å²) in [6, 6.07) is 15.0. The zero-order valence-electron chi connectivity index (χ0n) is 23.8. The van der Waals surface area contributed by atoms with Crippen molar-refractivity contribution >= 4 is 29.6 Å². The van der Waals surface area contributed by atoms with E-state index in [-0.39, 0.29) is 12.4 Å². The van der Waals surface area contributed by atoms with Gasteiger partial charge in [0.15, 0.2) is 0 Å². The van der Waals surface area contributed by atoms with E-state index in [0.29, 0.717) is 46.1 Å². The van der Waals surface area contributed by atoms with Crippen LogP contribution in [0, 0.1) is 0 Å². The zero-order valence-corrected chi connectivity index (χ0v) is 24.6. The van der Waals surface area contributed by atoms with Crippen LogP contribution in [0.5, 0.6) is 0 Å². The Morgan fingerprint density at radius 2 is 1.95 bits per heavy atom. The number of hydrogen-bond donors (Lipinski definition) is 2. The van der Waals surface area contributed by atoms with Crippen LogP contribution in [-0.2, 0) is 33.7 Å². The van der Waals surface area contributed by atoms with Crippen molar-refractivity contribution in [1.29, 1.82) is 0 Å². The minimum absolute atomic E-state index is 0.118. The number of amides is 1. The van der Waals surface area contributed by atoms with Crippen molar-refractivity contribution in [1.82, 2.24) is 45.5 Å². The van der Waals surface area contributed by atoms with Crippen LogP contribution in [-0.4, -0.2) is 59.2 Å². The van der Waals surface area contributed by atoms with E-state index in [0.717, 1.165) is 11.3 Å². The Bertz CT molecular complexity index is 1850. The smallest absolute Gasteiger partial charge is 0.309 e. The number of nitrogens with zero attached hydrogens (tertiary/aromatic N) is 7. The number of aryl methyl sites for hydroxylation is 1. The second-order valence-electron chi connectivity index (χ2n) is 9.70. The first-order valence-electron chi connectivity index (χ1n) is 13.6. The largest absolute Gasteiger partial charge is 0.469 e. The van der Waals surface area contributed by atoms with Gasteiger partial charge >= 0.3 is 5.97 Å². The first-order valence-corrected chi connectivity index (χ1v) is 14.0. The van der Waals surface area contributed by atoms with Gasteiger partial charge in [0.05, 0.1) is 42.2 Å². The topological polar surface area (TPSA) is 163 Å². The van der Waals surface area contributed by atoms with E-state index in [4.69, 9.17) is 16.3 Å². The predicted octanol–water partition coefficient (Wildman–Crippen LogP) is 3.11. The number of hydrogen-bond acceptors (Lipinski definition) is 9. The second kappa shape index (κ2) is 13.7. The molecule has 5 rings (SSSR count). The third-order valence-corrected chi connectivity index (χ3v) is 7.01. The zero-order chi connectivity index (χ0) is 31.1. The number of benzene rings is 2. The highest BCUT2D eigenvalue weighted by atomic mass is 35.5. The van der Waals surface area contributed by atoms with Gasteiger partial charge in [-0.1, -0.05) is 35.9 Å². The third-order valence-electron chi connectivity index (χ3n) is 6.77. The molecule has 0 unspecified atom stereocenters. The molecular weight excluding hydrogens is 586 g/mol. The van der Waals surface area contributed by atoms with E-state index < -0.39 is 17.5 Å². The number of H-pyrrole nitrogens is 1. The number of aromatic nitrogens is 8. The fourth-order valence-corrected chi connectivity index (χ4v) is 4.69. The molecule has 3 aromatic heterocycles. The summed E-state index contributed by atoms with van der Waals surface area (Å²) in [5, 5.41) is 26.1. The van der Waals surface area contributed by atoms with Crippen molar-refractivity contribution in [3.63, 3.8) is 0 Å². The number of halogens is 1. The molecule has 0 aliphatic heterocycles. The standard InChI is InChI=1S/C30H28ClN9O4/c1-3-39-13-12-23(36-39)16-25(33-28(41)11-8-21-15-22(31)9-10-27(21)40-18-32-37-38-40)26-17-24(30(43)35-34-26)20-6-4-19(5-7-20)14-29(42)44-2/h4-13,15,17-18,25H,3,14,16H2,1-2H3,(H,33,41)(H,35,43)/b11-8+/t25-/m0/s1. The highest BCUT2D eigenvalue weighted by Gasteiger charge is 2.20. The summed E-state index contributed by atoms with van der Waals surface area (Å²) < 4.78 is 7.98. The van der Waals surface area contributed by atoms with Gasteiger partial charge < -0.3 is 10.1 Å². The number of methoxy groups -OCH3 is 1. The summed E-state index contributed by atoms with van der Waals surface area (Å²) in [6.45, 7) is 2.67.